The van der Waals surface area contributed by atoms with Gasteiger partial charge in [-0.05, 0) is 43.6 Å². The number of hydrogen-bond acceptors (Lipinski definition) is 3. The van der Waals surface area contributed by atoms with E-state index >= 15 is 0 Å². The molecular weight excluding hydrogens is 302 g/mol. The zero-order valence-corrected chi connectivity index (χ0v) is 13.7. The second-order valence-corrected chi connectivity index (χ2v) is 6.05. The zero-order chi connectivity index (χ0) is 16.1. The van der Waals surface area contributed by atoms with Gasteiger partial charge in [-0.15, -0.1) is 0 Å². The Hall–Kier alpha value is -1.59. The minimum Gasteiger partial charge on any atom is -0.352 e. The summed E-state index contributed by atoms with van der Waals surface area (Å²) in [7, 11) is 0. The van der Waals surface area contributed by atoms with Gasteiger partial charge in [0.05, 0.1) is 10.6 Å². The third-order valence-corrected chi connectivity index (χ3v) is 4.26. The van der Waals surface area contributed by atoms with Crippen LogP contribution in [0.2, 0.25) is 5.02 Å². The number of anilines is 1. The Morgan fingerprint density at radius 2 is 2.14 bits per heavy atom. The second kappa shape index (κ2) is 7.61. The summed E-state index contributed by atoms with van der Waals surface area (Å²) in [6.07, 6.45) is 0.866. The first kappa shape index (κ1) is 16.8. The van der Waals surface area contributed by atoms with E-state index in [4.69, 9.17) is 11.6 Å². The van der Waals surface area contributed by atoms with Gasteiger partial charge in [0.15, 0.2) is 0 Å². The summed E-state index contributed by atoms with van der Waals surface area (Å²) in [6, 6.07) is 4.96. The van der Waals surface area contributed by atoms with E-state index in [0.29, 0.717) is 28.7 Å². The van der Waals surface area contributed by atoms with Gasteiger partial charge in [0, 0.05) is 18.2 Å². The number of amides is 2. The van der Waals surface area contributed by atoms with Gasteiger partial charge in [0.25, 0.3) is 5.91 Å². The third-order valence-electron chi connectivity index (χ3n) is 3.95. The second-order valence-electron chi connectivity index (χ2n) is 5.65. The van der Waals surface area contributed by atoms with E-state index in [1.54, 1.807) is 18.2 Å². The van der Waals surface area contributed by atoms with Crippen molar-refractivity contribution < 1.29 is 9.59 Å². The molecule has 1 fully saturated rings. The van der Waals surface area contributed by atoms with Crippen molar-refractivity contribution in [2.24, 2.45) is 11.8 Å². The monoisotopic (exact) mass is 323 g/mol. The molecular formula is C16H22ClN3O2. The summed E-state index contributed by atoms with van der Waals surface area (Å²) in [4.78, 5) is 24.1. The molecule has 0 aliphatic carbocycles. The molecule has 6 heteroatoms. The van der Waals surface area contributed by atoms with Crippen LogP contribution in [0, 0.1) is 11.8 Å². The molecule has 120 valence electrons. The van der Waals surface area contributed by atoms with Crippen molar-refractivity contribution >= 4 is 29.1 Å². The van der Waals surface area contributed by atoms with Gasteiger partial charge in [-0.3, -0.25) is 9.59 Å². The first-order valence-electron chi connectivity index (χ1n) is 7.62. The lowest BCUT2D eigenvalue weighted by Crippen LogP contribution is -2.48. The molecule has 1 aliphatic rings. The standard InChI is InChI=1S/C16H22ClN3O2/c1-3-6-19-16(22)13-5-4-12(7-14(13)17)20-15(21)10(2)11-8-18-9-11/h4-5,7,10-11,18H,3,6,8-9H2,1-2H3,(H,19,22)(H,20,21). The van der Waals surface area contributed by atoms with Crippen LogP contribution in [0.1, 0.15) is 30.6 Å². The van der Waals surface area contributed by atoms with E-state index in [-0.39, 0.29) is 17.7 Å². The molecule has 1 saturated heterocycles. The quantitative estimate of drug-likeness (QED) is 0.752. The van der Waals surface area contributed by atoms with Crippen LogP contribution in [0.15, 0.2) is 18.2 Å². The van der Waals surface area contributed by atoms with Crippen molar-refractivity contribution in [2.75, 3.05) is 25.0 Å². The molecule has 1 unspecified atom stereocenters. The summed E-state index contributed by atoms with van der Waals surface area (Å²) >= 11 is 6.15. The van der Waals surface area contributed by atoms with Crippen LogP contribution in [0.3, 0.4) is 0 Å². The molecule has 2 amide bonds. The molecule has 22 heavy (non-hydrogen) atoms. The molecule has 1 aromatic rings. The van der Waals surface area contributed by atoms with Crippen molar-refractivity contribution in [3.05, 3.63) is 28.8 Å². The summed E-state index contributed by atoms with van der Waals surface area (Å²) in [5, 5.41) is 9.14. The molecule has 2 rings (SSSR count). The van der Waals surface area contributed by atoms with Crippen molar-refractivity contribution in [1.82, 2.24) is 10.6 Å². The van der Waals surface area contributed by atoms with Gasteiger partial charge in [-0.25, -0.2) is 0 Å². The largest absolute Gasteiger partial charge is 0.352 e. The predicted octanol–water partition coefficient (Wildman–Crippen LogP) is 2.27. The molecule has 0 aromatic heterocycles. The maximum absolute atomic E-state index is 12.2. The number of rotatable bonds is 6. The molecule has 0 saturated carbocycles. The number of carbonyl (C=O) groups is 2. The van der Waals surface area contributed by atoms with E-state index in [2.05, 4.69) is 16.0 Å². The lowest BCUT2D eigenvalue weighted by atomic mass is 9.88. The minimum absolute atomic E-state index is 0.0225. The fraction of sp³-hybridized carbons (Fsp3) is 0.500. The smallest absolute Gasteiger partial charge is 0.252 e. The summed E-state index contributed by atoms with van der Waals surface area (Å²) < 4.78 is 0. The highest BCUT2D eigenvalue weighted by molar-refractivity contribution is 6.34. The topological polar surface area (TPSA) is 70.2 Å². The van der Waals surface area contributed by atoms with Gasteiger partial charge < -0.3 is 16.0 Å². The van der Waals surface area contributed by atoms with Gasteiger partial charge in [0.1, 0.15) is 0 Å². The molecule has 5 nitrogen and oxygen atoms in total. The fourth-order valence-electron chi connectivity index (χ4n) is 2.25. The highest BCUT2D eigenvalue weighted by atomic mass is 35.5. The summed E-state index contributed by atoms with van der Waals surface area (Å²) in [5.74, 6) is 0.117. The number of benzene rings is 1. The molecule has 1 heterocycles. The molecule has 3 N–H and O–H groups in total. The van der Waals surface area contributed by atoms with Gasteiger partial charge in [-0.1, -0.05) is 25.4 Å². The van der Waals surface area contributed by atoms with Crippen LogP contribution in [-0.4, -0.2) is 31.4 Å². The Kier molecular flexibility index (Phi) is 5.80. The first-order valence-corrected chi connectivity index (χ1v) is 8.00. The average Bonchev–Trinajstić information content (AvgIpc) is 2.43. The Balaban J connectivity index is 1.99. The van der Waals surface area contributed by atoms with Gasteiger partial charge in [0.2, 0.25) is 5.91 Å². The number of carbonyl (C=O) groups excluding carboxylic acids is 2. The number of hydrogen-bond donors (Lipinski definition) is 3. The molecule has 1 atom stereocenters. The van der Waals surface area contributed by atoms with Crippen molar-refractivity contribution in [2.45, 2.75) is 20.3 Å². The SMILES string of the molecule is CCCNC(=O)c1ccc(NC(=O)C(C)C2CNC2)cc1Cl. The van der Waals surface area contributed by atoms with E-state index < -0.39 is 0 Å². The molecule has 0 bridgehead atoms. The van der Waals surface area contributed by atoms with Gasteiger partial charge >= 0.3 is 0 Å². The Bertz CT molecular complexity index is 558. The highest BCUT2D eigenvalue weighted by Crippen LogP contribution is 2.23. The minimum atomic E-state index is -0.196. The zero-order valence-electron chi connectivity index (χ0n) is 12.9. The van der Waals surface area contributed by atoms with Crippen LogP contribution < -0.4 is 16.0 Å². The fourth-order valence-corrected chi connectivity index (χ4v) is 2.51. The van der Waals surface area contributed by atoms with E-state index in [0.717, 1.165) is 19.5 Å². The Morgan fingerprint density at radius 1 is 1.41 bits per heavy atom. The highest BCUT2D eigenvalue weighted by Gasteiger charge is 2.28. The lowest BCUT2D eigenvalue weighted by molar-refractivity contribution is -0.121. The lowest BCUT2D eigenvalue weighted by Gasteiger charge is -2.31. The maximum atomic E-state index is 12.2. The van der Waals surface area contributed by atoms with Crippen molar-refractivity contribution in [3.63, 3.8) is 0 Å². The first-order chi connectivity index (χ1) is 10.5. The van der Waals surface area contributed by atoms with Crippen molar-refractivity contribution in [3.8, 4) is 0 Å². The predicted molar refractivity (Wildman–Crippen MR) is 88.2 cm³/mol. The van der Waals surface area contributed by atoms with Gasteiger partial charge in [-0.2, -0.15) is 0 Å². The van der Waals surface area contributed by atoms with Crippen LogP contribution in [-0.2, 0) is 4.79 Å². The van der Waals surface area contributed by atoms with Crippen LogP contribution >= 0.6 is 11.6 Å². The van der Waals surface area contributed by atoms with E-state index in [9.17, 15) is 9.59 Å². The van der Waals surface area contributed by atoms with E-state index in [1.165, 1.54) is 0 Å². The average molecular weight is 324 g/mol. The third kappa shape index (κ3) is 3.99. The summed E-state index contributed by atoms with van der Waals surface area (Å²) in [6.45, 7) is 6.28. The van der Waals surface area contributed by atoms with Crippen LogP contribution in [0.5, 0.6) is 0 Å². The molecule has 0 spiro atoms. The normalized spacial score (nSPS) is 15.8. The molecule has 0 radical (unpaired) electrons. The Labute approximate surface area is 135 Å². The number of halogens is 1. The maximum Gasteiger partial charge on any atom is 0.252 e. The number of nitrogens with one attached hydrogen (secondary N) is 3. The van der Waals surface area contributed by atoms with E-state index in [1.807, 2.05) is 13.8 Å². The Morgan fingerprint density at radius 3 is 2.68 bits per heavy atom. The van der Waals surface area contributed by atoms with Crippen LogP contribution in [0.4, 0.5) is 5.69 Å². The summed E-state index contributed by atoms with van der Waals surface area (Å²) in [5.41, 5.74) is 1.03. The molecule has 1 aromatic carbocycles. The van der Waals surface area contributed by atoms with Crippen molar-refractivity contribution in [1.29, 1.82) is 0 Å². The molecule has 1 aliphatic heterocycles. The van der Waals surface area contributed by atoms with Crippen LogP contribution in [0.25, 0.3) is 0 Å².